The van der Waals surface area contributed by atoms with Crippen molar-refractivity contribution < 1.29 is 0 Å². The van der Waals surface area contributed by atoms with Crippen LogP contribution in [0.4, 0.5) is 5.69 Å². The summed E-state index contributed by atoms with van der Waals surface area (Å²) >= 11 is 0. The Morgan fingerprint density at radius 1 is 0.750 bits per heavy atom. The van der Waals surface area contributed by atoms with Crippen LogP contribution >= 0.6 is 0 Å². The predicted molar refractivity (Wildman–Crippen MR) is 98.1 cm³/mol. The highest BCUT2D eigenvalue weighted by Gasteiger charge is 2.02. The summed E-state index contributed by atoms with van der Waals surface area (Å²) in [4.78, 5) is 2.37. The molecule has 1 nitrogen and oxygen atoms in total. The van der Waals surface area contributed by atoms with Gasteiger partial charge in [0.15, 0.2) is 0 Å². The standard InChI is InChI=1S/C13H21N.3C2H6/c1-5-14(6-2)13-9-7-12(8-10-13)11(3)4;3*1-2/h7-11H,5-6H2,1-4H3;3*1-2H3. The van der Waals surface area contributed by atoms with Crippen molar-refractivity contribution in [2.24, 2.45) is 0 Å². The summed E-state index contributed by atoms with van der Waals surface area (Å²) in [6, 6.07) is 8.92. The van der Waals surface area contributed by atoms with Gasteiger partial charge in [-0.1, -0.05) is 67.5 Å². The van der Waals surface area contributed by atoms with Gasteiger partial charge in [-0.2, -0.15) is 0 Å². The molecule has 0 bridgehead atoms. The third-order valence-corrected chi connectivity index (χ3v) is 2.69. The molecule has 0 unspecified atom stereocenters. The lowest BCUT2D eigenvalue weighted by atomic mass is 10.0. The fourth-order valence-corrected chi connectivity index (χ4v) is 1.66. The highest BCUT2D eigenvalue weighted by atomic mass is 15.1. The van der Waals surface area contributed by atoms with Gasteiger partial charge in [0.05, 0.1) is 0 Å². The number of nitrogens with zero attached hydrogens (tertiary/aromatic N) is 1. The quantitative estimate of drug-likeness (QED) is 0.591. The van der Waals surface area contributed by atoms with Crippen LogP contribution in [0, 0.1) is 0 Å². The Hall–Kier alpha value is -0.980. The number of benzene rings is 1. The van der Waals surface area contributed by atoms with E-state index in [1.807, 2.05) is 41.5 Å². The molecule has 1 heteroatoms. The van der Waals surface area contributed by atoms with E-state index >= 15 is 0 Å². The van der Waals surface area contributed by atoms with Gasteiger partial charge in [-0.3, -0.25) is 0 Å². The summed E-state index contributed by atoms with van der Waals surface area (Å²) in [5.41, 5.74) is 2.75. The van der Waals surface area contributed by atoms with Crippen molar-refractivity contribution in [3.63, 3.8) is 0 Å². The van der Waals surface area contributed by atoms with Crippen LogP contribution in [-0.4, -0.2) is 13.1 Å². The van der Waals surface area contributed by atoms with Crippen molar-refractivity contribution >= 4 is 5.69 Å². The molecule has 0 aliphatic carbocycles. The van der Waals surface area contributed by atoms with Crippen LogP contribution in [0.1, 0.15) is 80.7 Å². The maximum atomic E-state index is 2.37. The molecule has 0 atom stereocenters. The van der Waals surface area contributed by atoms with E-state index in [9.17, 15) is 0 Å². The zero-order valence-corrected chi connectivity index (χ0v) is 15.7. The summed E-state index contributed by atoms with van der Waals surface area (Å²) < 4.78 is 0. The number of rotatable bonds is 4. The lowest BCUT2D eigenvalue weighted by Gasteiger charge is -2.21. The highest BCUT2D eigenvalue weighted by Crippen LogP contribution is 2.19. The van der Waals surface area contributed by atoms with E-state index in [4.69, 9.17) is 0 Å². The Labute approximate surface area is 129 Å². The summed E-state index contributed by atoms with van der Waals surface area (Å²) in [6.45, 7) is 23.0. The number of hydrogen-bond acceptors (Lipinski definition) is 1. The van der Waals surface area contributed by atoms with Crippen LogP contribution in [0.5, 0.6) is 0 Å². The number of anilines is 1. The molecule has 0 radical (unpaired) electrons. The minimum atomic E-state index is 0.626. The van der Waals surface area contributed by atoms with Gasteiger partial charge in [0.1, 0.15) is 0 Å². The smallest absolute Gasteiger partial charge is 0.0366 e. The lowest BCUT2D eigenvalue weighted by molar-refractivity contribution is 0.852. The van der Waals surface area contributed by atoms with E-state index in [0.717, 1.165) is 13.1 Å². The van der Waals surface area contributed by atoms with E-state index in [-0.39, 0.29) is 0 Å². The largest absolute Gasteiger partial charge is 0.372 e. The Balaban J connectivity index is -0.000000425. The van der Waals surface area contributed by atoms with Gasteiger partial charge in [-0.25, -0.2) is 0 Å². The summed E-state index contributed by atoms with van der Waals surface area (Å²) in [5.74, 6) is 0.626. The third kappa shape index (κ3) is 9.89. The van der Waals surface area contributed by atoms with Crippen LogP contribution in [-0.2, 0) is 0 Å². The van der Waals surface area contributed by atoms with Crippen LogP contribution in [0.15, 0.2) is 24.3 Å². The van der Waals surface area contributed by atoms with E-state index in [1.165, 1.54) is 11.3 Å². The first-order valence-electron chi connectivity index (χ1n) is 8.54. The maximum Gasteiger partial charge on any atom is 0.0366 e. The van der Waals surface area contributed by atoms with E-state index in [0.29, 0.717) is 5.92 Å². The molecule has 0 fully saturated rings. The van der Waals surface area contributed by atoms with Crippen LogP contribution in [0.2, 0.25) is 0 Å². The molecule has 1 aromatic carbocycles. The third-order valence-electron chi connectivity index (χ3n) is 2.69. The molecule has 1 aromatic rings. The first-order valence-corrected chi connectivity index (χ1v) is 8.54. The Bertz CT molecular complexity index is 258. The molecule has 0 saturated heterocycles. The molecule has 120 valence electrons. The first-order chi connectivity index (χ1) is 9.69. The fourth-order valence-electron chi connectivity index (χ4n) is 1.66. The first kappa shape index (κ1) is 24.1. The molecule has 0 aromatic heterocycles. The predicted octanol–water partition coefficient (Wildman–Crippen LogP) is 6.73. The normalized spacial score (nSPS) is 8.35. The average Bonchev–Trinajstić information content (AvgIpc) is 2.55. The molecule has 0 N–H and O–H groups in total. The van der Waals surface area contributed by atoms with Crippen molar-refractivity contribution in [3.8, 4) is 0 Å². The Morgan fingerprint density at radius 2 is 1.10 bits per heavy atom. The minimum Gasteiger partial charge on any atom is -0.372 e. The van der Waals surface area contributed by atoms with E-state index in [2.05, 4.69) is 56.9 Å². The molecule has 1 rings (SSSR count). The van der Waals surface area contributed by atoms with Crippen molar-refractivity contribution in [3.05, 3.63) is 29.8 Å². The second-order valence-corrected chi connectivity index (χ2v) is 3.92. The van der Waals surface area contributed by atoms with Gasteiger partial charge in [-0.05, 0) is 37.5 Å². The fraction of sp³-hybridized carbons (Fsp3) is 0.684. The zero-order chi connectivity index (χ0) is 16.6. The van der Waals surface area contributed by atoms with Crippen LogP contribution in [0.3, 0.4) is 0 Å². The molecular formula is C19H39N. The van der Waals surface area contributed by atoms with E-state index < -0.39 is 0 Å². The highest BCUT2D eigenvalue weighted by molar-refractivity contribution is 5.47. The second-order valence-electron chi connectivity index (χ2n) is 3.92. The monoisotopic (exact) mass is 281 g/mol. The summed E-state index contributed by atoms with van der Waals surface area (Å²) in [5, 5.41) is 0. The molecule has 20 heavy (non-hydrogen) atoms. The lowest BCUT2D eigenvalue weighted by Crippen LogP contribution is -2.21. The van der Waals surface area contributed by atoms with Crippen LogP contribution in [0.25, 0.3) is 0 Å². The Morgan fingerprint density at radius 3 is 1.35 bits per heavy atom. The average molecular weight is 282 g/mol. The SMILES string of the molecule is CC.CC.CC.CCN(CC)c1ccc(C(C)C)cc1. The molecule has 0 amide bonds. The van der Waals surface area contributed by atoms with Crippen molar-refractivity contribution in [2.75, 3.05) is 18.0 Å². The van der Waals surface area contributed by atoms with Crippen LogP contribution < -0.4 is 4.90 Å². The van der Waals surface area contributed by atoms with E-state index in [1.54, 1.807) is 0 Å². The van der Waals surface area contributed by atoms with Gasteiger partial charge in [0, 0.05) is 18.8 Å². The van der Waals surface area contributed by atoms with Crippen molar-refractivity contribution in [2.45, 2.75) is 75.2 Å². The zero-order valence-electron chi connectivity index (χ0n) is 15.7. The van der Waals surface area contributed by atoms with Gasteiger partial charge < -0.3 is 4.90 Å². The van der Waals surface area contributed by atoms with Gasteiger partial charge in [0.25, 0.3) is 0 Å². The topological polar surface area (TPSA) is 3.24 Å². The minimum absolute atomic E-state index is 0.626. The second kappa shape index (κ2) is 18.0. The van der Waals surface area contributed by atoms with Gasteiger partial charge >= 0.3 is 0 Å². The molecule has 0 spiro atoms. The van der Waals surface area contributed by atoms with Gasteiger partial charge in [-0.15, -0.1) is 0 Å². The number of hydrogen-bond donors (Lipinski definition) is 0. The molecular weight excluding hydrogens is 242 g/mol. The summed E-state index contributed by atoms with van der Waals surface area (Å²) in [7, 11) is 0. The summed E-state index contributed by atoms with van der Waals surface area (Å²) in [6.07, 6.45) is 0. The van der Waals surface area contributed by atoms with Gasteiger partial charge in [0.2, 0.25) is 0 Å². The Kier molecular flexibility index (Phi) is 21.7. The molecule has 0 aliphatic rings. The van der Waals surface area contributed by atoms with Crippen molar-refractivity contribution in [1.82, 2.24) is 0 Å². The molecule has 0 aliphatic heterocycles. The molecule has 0 saturated carbocycles. The maximum absolute atomic E-state index is 2.37. The molecule has 0 heterocycles. The van der Waals surface area contributed by atoms with Crippen molar-refractivity contribution in [1.29, 1.82) is 0 Å².